The quantitative estimate of drug-likeness (QED) is 0.747. The molecule has 0 aliphatic rings. The van der Waals surface area contributed by atoms with Crippen LogP contribution >= 0.6 is 11.6 Å². The Morgan fingerprint density at radius 2 is 2.12 bits per heavy atom. The molecule has 1 heterocycles. The summed E-state index contributed by atoms with van der Waals surface area (Å²) in [5.41, 5.74) is 0. The lowest BCUT2D eigenvalue weighted by molar-refractivity contribution is 0.472. The maximum absolute atomic E-state index is 5.89. The molecule has 0 saturated heterocycles. The Morgan fingerprint density at radius 3 is 2.71 bits per heavy atom. The molecule has 1 atom stereocenters. The van der Waals surface area contributed by atoms with Crippen molar-refractivity contribution < 1.29 is 0 Å². The molecule has 0 spiro atoms. The summed E-state index contributed by atoms with van der Waals surface area (Å²) in [4.78, 5) is 8.36. The molecule has 1 aromatic rings. The van der Waals surface area contributed by atoms with Crippen LogP contribution in [0.15, 0.2) is 6.07 Å². The van der Waals surface area contributed by atoms with Crippen molar-refractivity contribution in [3.8, 4) is 0 Å². The predicted octanol–water partition coefficient (Wildman–Crippen LogP) is 4.07. The van der Waals surface area contributed by atoms with Crippen molar-refractivity contribution in [2.45, 2.75) is 46.5 Å². The zero-order chi connectivity index (χ0) is 12.7. The molecule has 0 aromatic carbocycles. The van der Waals surface area contributed by atoms with Gasteiger partial charge in [-0.2, -0.15) is 0 Å². The van der Waals surface area contributed by atoms with E-state index in [2.05, 4.69) is 29.1 Å². The number of aryl methyl sites for hydroxylation is 1. The van der Waals surface area contributed by atoms with Gasteiger partial charge in [-0.3, -0.25) is 0 Å². The van der Waals surface area contributed by atoms with Gasteiger partial charge in [-0.25, -0.2) is 9.97 Å². The van der Waals surface area contributed by atoms with Crippen molar-refractivity contribution in [3.05, 3.63) is 17.0 Å². The molecule has 17 heavy (non-hydrogen) atoms. The van der Waals surface area contributed by atoms with Crippen molar-refractivity contribution in [1.29, 1.82) is 0 Å². The molecule has 0 fully saturated rings. The molecule has 0 aliphatic heterocycles. The van der Waals surface area contributed by atoms with Crippen LogP contribution in [0.1, 0.15) is 45.4 Å². The van der Waals surface area contributed by atoms with E-state index in [1.165, 1.54) is 25.7 Å². The third-order valence-corrected chi connectivity index (χ3v) is 3.12. The number of rotatable bonds is 7. The summed E-state index contributed by atoms with van der Waals surface area (Å²) in [6.45, 7) is 7.28. The Balaban J connectivity index is 2.47. The molecule has 0 radical (unpaired) electrons. The number of anilines is 1. The summed E-state index contributed by atoms with van der Waals surface area (Å²) < 4.78 is 0. The van der Waals surface area contributed by atoms with E-state index in [4.69, 9.17) is 11.6 Å². The number of aromatic nitrogens is 2. The summed E-state index contributed by atoms with van der Waals surface area (Å²) in [6, 6.07) is 1.78. The van der Waals surface area contributed by atoms with Gasteiger partial charge in [0, 0.05) is 12.6 Å². The van der Waals surface area contributed by atoms with Crippen molar-refractivity contribution in [3.63, 3.8) is 0 Å². The third-order valence-electron chi connectivity index (χ3n) is 2.92. The lowest BCUT2D eigenvalue weighted by Gasteiger charge is -2.15. The predicted molar refractivity (Wildman–Crippen MR) is 73.6 cm³/mol. The van der Waals surface area contributed by atoms with E-state index < -0.39 is 0 Å². The first-order valence-corrected chi connectivity index (χ1v) is 6.78. The lowest BCUT2D eigenvalue weighted by atomic mass is 9.99. The molecule has 0 aliphatic carbocycles. The van der Waals surface area contributed by atoms with Crippen LogP contribution in [-0.4, -0.2) is 16.5 Å². The maximum Gasteiger partial charge on any atom is 0.134 e. The topological polar surface area (TPSA) is 37.8 Å². The van der Waals surface area contributed by atoms with E-state index in [1.807, 2.05) is 6.92 Å². The average Bonchev–Trinajstić information content (AvgIpc) is 2.28. The largest absolute Gasteiger partial charge is 0.370 e. The Hall–Kier alpha value is -0.830. The zero-order valence-corrected chi connectivity index (χ0v) is 11.7. The second-order valence-corrected chi connectivity index (χ2v) is 4.81. The van der Waals surface area contributed by atoms with Crippen molar-refractivity contribution in [1.82, 2.24) is 9.97 Å². The summed E-state index contributed by atoms with van der Waals surface area (Å²) in [6.07, 6.45) is 5.03. The van der Waals surface area contributed by atoms with Gasteiger partial charge in [0.25, 0.3) is 0 Å². The number of halogens is 1. The highest BCUT2D eigenvalue weighted by Gasteiger charge is 2.06. The van der Waals surface area contributed by atoms with Crippen LogP contribution in [0.4, 0.5) is 5.82 Å². The van der Waals surface area contributed by atoms with Gasteiger partial charge in [-0.05, 0) is 19.3 Å². The Bertz CT molecular complexity index is 321. The molecule has 1 aromatic heterocycles. The fourth-order valence-electron chi connectivity index (χ4n) is 1.81. The molecule has 1 unspecified atom stereocenters. The number of unbranched alkanes of at least 4 members (excludes halogenated alkanes) is 1. The summed E-state index contributed by atoms with van der Waals surface area (Å²) in [5, 5.41) is 3.85. The van der Waals surface area contributed by atoms with Crippen molar-refractivity contribution in [2.24, 2.45) is 5.92 Å². The van der Waals surface area contributed by atoms with Gasteiger partial charge >= 0.3 is 0 Å². The van der Waals surface area contributed by atoms with Crippen LogP contribution < -0.4 is 5.32 Å². The van der Waals surface area contributed by atoms with E-state index in [-0.39, 0.29) is 0 Å². The molecule has 3 nitrogen and oxygen atoms in total. The highest BCUT2D eigenvalue weighted by molar-refractivity contribution is 6.29. The van der Waals surface area contributed by atoms with Crippen LogP contribution in [0.2, 0.25) is 5.15 Å². The minimum Gasteiger partial charge on any atom is -0.370 e. The molecule has 1 rings (SSSR count). The number of hydrogen-bond donors (Lipinski definition) is 1. The van der Waals surface area contributed by atoms with E-state index in [1.54, 1.807) is 6.07 Å². The monoisotopic (exact) mass is 255 g/mol. The maximum atomic E-state index is 5.89. The van der Waals surface area contributed by atoms with E-state index >= 15 is 0 Å². The normalized spacial score (nSPS) is 12.5. The summed E-state index contributed by atoms with van der Waals surface area (Å²) in [7, 11) is 0. The highest BCUT2D eigenvalue weighted by Crippen LogP contribution is 2.15. The number of nitrogens with zero attached hydrogens (tertiary/aromatic N) is 2. The molecule has 0 bridgehead atoms. The first kappa shape index (κ1) is 14.2. The molecule has 0 amide bonds. The summed E-state index contributed by atoms with van der Waals surface area (Å²) in [5.74, 6) is 2.25. The minimum atomic E-state index is 0.501. The van der Waals surface area contributed by atoms with Crippen molar-refractivity contribution >= 4 is 17.4 Å². The summed E-state index contributed by atoms with van der Waals surface area (Å²) >= 11 is 5.89. The second-order valence-electron chi connectivity index (χ2n) is 4.42. The molecular weight excluding hydrogens is 234 g/mol. The standard InChI is InChI=1S/C13H22ClN3/c1-4-6-7-11(5-2)9-15-13-8-12(14)16-10(3)17-13/h8,11H,4-7,9H2,1-3H3,(H,15,16,17). The van der Waals surface area contributed by atoms with Gasteiger partial charge in [0.1, 0.15) is 16.8 Å². The van der Waals surface area contributed by atoms with Crippen LogP contribution in [0.25, 0.3) is 0 Å². The van der Waals surface area contributed by atoms with E-state index in [0.717, 1.165) is 12.4 Å². The smallest absolute Gasteiger partial charge is 0.134 e. The molecule has 96 valence electrons. The molecular formula is C13H22ClN3. The van der Waals surface area contributed by atoms with Crippen LogP contribution in [-0.2, 0) is 0 Å². The Kier molecular flexibility index (Phi) is 6.27. The minimum absolute atomic E-state index is 0.501. The zero-order valence-electron chi connectivity index (χ0n) is 11.0. The first-order valence-electron chi connectivity index (χ1n) is 6.40. The number of nitrogens with one attached hydrogen (secondary N) is 1. The van der Waals surface area contributed by atoms with Crippen LogP contribution in [0, 0.1) is 12.8 Å². The second kappa shape index (κ2) is 7.49. The van der Waals surface area contributed by atoms with Crippen LogP contribution in [0.5, 0.6) is 0 Å². The van der Waals surface area contributed by atoms with Gasteiger partial charge in [0.15, 0.2) is 0 Å². The fourth-order valence-corrected chi connectivity index (χ4v) is 2.04. The first-order chi connectivity index (χ1) is 8.15. The fraction of sp³-hybridized carbons (Fsp3) is 0.692. The Morgan fingerprint density at radius 1 is 1.35 bits per heavy atom. The van der Waals surface area contributed by atoms with Crippen molar-refractivity contribution in [2.75, 3.05) is 11.9 Å². The molecule has 4 heteroatoms. The lowest BCUT2D eigenvalue weighted by Crippen LogP contribution is -2.14. The molecule has 0 saturated carbocycles. The van der Waals surface area contributed by atoms with Gasteiger partial charge in [-0.15, -0.1) is 0 Å². The molecule has 1 N–H and O–H groups in total. The highest BCUT2D eigenvalue weighted by atomic mass is 35.5. The van der Waals surface area contributed by atoms with Crippen LogP contribution in [0.3, 0.4) is 0 Å². The third kappa shape index (κ3) is 5.35. The van der Waals surface area contributed by atoms with Gasteiger partial charge < -0.3 is 5.32 Å². The Labute approximate surface area is 109 Å². The van der Waals surface area contributed by atoms with Gasteiger partial charge in [-0.1, -0.05) is 44.7 Å². The van der Waals surface area contributed by atoms with Gasteiger partial charge in [0.05, 0.1) is 0 Å². The van der Waals surface area contributed by atoms with E-state index in [9.17, 15) is 0 Å². The van der Waals surface area contributed by atoms with Gasteiger partial charge in [0.2, 0.25) is 0 Å². The SMILES string of the molecule is CCCCC(CC)CNc1cc(Cl)nc(C)n1. The average molecular weight is 256 g/mol. The van der Waals surface area contributed by atoms with E-state index in [0.29, 0.717) is 16.9 Å². The number of hydrogen-bond acceptors (Lipinski definition) is 3.